The topological polar surface area (TPSA) is 63.1 Å². The van der Waals surface area contributed by atoms with Gasteiger partial charge in [0, 0.05) is 25.3 Å². The second-order valence-corrected chi connectivity index (χ2v) is 5.48. The maximum absolute atomic E-state index is 5.66. The van der Waals surface area contributed by atoms with Crippen LogP contribution >= 0.6 is 0 Å². The number of nitrogens with zero attached hydrogens (tertiary/aromatic N) is 1. The zero-order valence-corrected chi connectivity index (χ0v) is 12.6. The summed E-state index contributed by atoms with van der Waals surface area (Å²) in [5.74, 6) is 1.71. The van der Waals surface area contributed by atoms with Gasteiger partial charge in [-0.05, 0) is 39.8 Å². The van der Waals surface area contributed by atoms with Gasteiger partial charge in [-0.25, -0.2) is 0 Å². The van der Waals surface area contributed by atoms with Gasteiger partial charge in [0.15, 0.2) is 5.76 Å². The fraction of sp³-hybridized carbons (Fsp3) is 0.533. The van der Waals surface area contributed by atoms with E-state index in [2.05, 4.69) is 29.4 Å². The fourth-order valence-corrected chi connectivity index (χ4v) is 2.17. The van der Waals surface area contributed by atoms with Crippen LogP contribution in [0.25, 0.3) is 11.5 Å². The number of H-pyrrole nitrogens is 1. The van der Waals surface area contributed by atoms with Crippen LogP contribution in [-0.4, -0.2) is 29.0 Å². The molecule has 0 aliphatic rings. The number of ether oxygens (including phenoxy) is 1. The lowest BCUT2D eigenvalue weighted by Crippen LogP contribution is -2.37. The number of nitrogens with one attached hydrogen (secondary N) is 2. The summed E-state index contributed by atoms with van der Waals surface area (Å²) in [5, 5.41) is 10.5. The van der Waals surface area contributed by atoms with E-state index in [0.29, 0.717) is 0 Å². The minimum absolute atomic E-state index is 0.167. The Morgan fingerprint density at radius 3 is 2.85 bits per heavy atom. The average Bonchev–Trinajstić information content (AvgIpc) is 2.97. The normalized spacial score (nSPS) is 12.0. The summed E-state index contributed by atoms with van der Waals surface area (Å²) in [6.07, 6.45) is 1.83. The third-order valence-corrected chi connectivity index (χ3v) is 3.11. The molecule has 0 spiro atoms. The van der Waals surface area contributed by atoms with Crippen LogP contribution in [-0.2, 0) is 11.3 Å². The van der Waals surface area contributed by atoms with E-state index in [4.69, 9.17) is 9.15 Å². The number of aromatic amines is 1. The molecule has 0 aromatic carbocycles. The van der Waals surface area contributed by atoms with Crippen LogP contribution in [0.15, 0.2) is 22.7 Å². The van der Waals surface area contributed by atoms with E-state index in [1.54, 1.807) is 0 Å². The molecule has 0 aliphatic carbocycles. The highest BCUT2D eigenvalue weighted by molar-refractivity contribution is 5.56. The Hall–Kier alpha value is -1.59. The van der Waals surface area contributed by atoms with E-state index < -0.39 is 0 Å². The van der Waals surface area contributed by atoms with Crippen molar-refractivity contribution in [1.29, 1.82) is 0 Å². The fourth-order valence-electron chi connectivity index (χ4n) is 2.17. The van der Waals surface area contributed by atoms with E-state index in [1.807, 2.05) is 32.2 Å². The number of rotatable bonds is 7. The highest BCUT2D eigenvalue weighted by atomic mass is 16.5. The standard InChI is InChI=1S/C15H23N3O2/c1-5-19-15(3,4)10-16-8-12-9-17-18-14(12)13-7-6-11(2)20-13/h6-7,9,16H,5,8,10H2,1-4H3,(H,17,18). The third kappa shape index (κ3) is 3.71. The minimum atomic E-state index is -0.167. The molecule has 0 fully saturated rings. The number of hydrogen-bond acceptors (Lipinski definition) is 4. The van der Waals surface area contributed by atoms with Crippen molar-refractivity contribution in [1.82, 2.24) is 15.5 Å². The SMILES string of the molecule is CCOC(C)(C)CNCc1cn[nH]c1-c1ccc(C)o1. The largest absolute Gasteiger partial charge is 0.460 e. The van der Waals surface area contributed by atoms with Crippen molar-refractivity contribution in [2.24, 2.45) is 0 Å². The minimum Gasteiger partial charge on any atom is -0.460 e. The highest BCUT2D eigenvalue weighted by Gasteiger charge is 2.17. The van der Waals surface area contributed by atoms with Crippen LogP contribution in [0.1, 0.15) is 32.1 Å². The Morgan fingerprint density at radius 1 is 1.40 bits per heavy atom. The molecule has 2 rings (SSSR count). The Bertz CT molecular complexity index is 543. The predicted octanol–water partition coefficient (Wildman–Crippen LogP) is 2.88. The molecule has 2 aromatic rings. The molecule has 110 valence electrons. The molecular weight excluding hydrogens is 254 g/mol. The van der Waals surface area contributed by atoms with E-state index in [1.165, 1.54) is 0 Å². The molecule has 5 heteroatoms. The maximum atomic E-state index is 5.66. The summed E-state index contributed by atoms with van der Waals surface area (Å²) in [5.41, 5.74) is 1.85. The molecule has 0 bridgehead atoms. The van der Waals surface area contributed by atoms with Gasteiger partial charge in [-0.1, -0.05) is 0 Å². The molecule has 0 radical (unpaired) electrons. The zero-order valence-electron chi connectivity index (χ0n) is 12.6. The number of hydrogen-bond donors (Lipinski definition) is 2. The van der Waals surface area contributed by atoms with Crippen molar-refractivity contribution in [2.75, 3.05) is 13.2 Å². The van der Waals surface area contributed by atoms with Crippen LogP contribution in [0.5, 0.6) is 0 Å². The average molecular weight is 277 g/mol. The molecule has 0 unspecified atom stereocenters. The van der Waals surface area contributed by atoms with Gasteiger partial charge < -0.3 is 14.5 Å². The second-order valence-electron chi connectivity index (χ2n) is 5.48. The maximum Gasteiger partial charge on any atom is 0.152 e. The lowest BCUT2D eigenvalue weighted by atomic mass is 10.1. The first-order chi connectivity index (χ1) is 9.52. The van der Waals surface area contributed by atoms with Crippen LogP contribution in [0.3, 0.4) is 0 Å². The number of furan rings is 1. The molecule has 2 N–H and O–H groups in total. The van der Waals surface area contributed by atoms with Crippen LogP contribution < -0.4 is 5.32 Å². The lowest BCUT2D eigenvalue weighted by Gasteiger charge is -2.24. The predicted molar refractivity (Wildman–Crippen MR) is 78.4 cm³/mol. The highest BCUT2D eigenvalue weighted by Crippen LogP contribution is 2.23. The van der Waals surface area contributed by atoms with Gasteiger partial charge >= 0.3 is 0 Å². The van der Waals surface area contributed by atoms with Crippen molar-refractivity contribution in [2.45, 2.75) is 39.8 Å². The molecule has 0 saturated heterocycles. The van der Waals surface area contributed by atoms with E-state index in [0.717, 1.165) is 42.5 Å². The summed E-state index contributed by atoms with van der Waals surface area (Å²) in [6.45, 7) is 10.3. The first-order valence-electron chi connectivity index (χ1n) is 6.95. The molecule has 0 saturated carbocycles. The number of aryl methyl sites for hydroxylation is 1. The van der Waals surface area contributed by atoms with Gasteiger partial charge in [0.2, 0.25) is 0 Å². The van der Waals surface area contributed by atoms with Gasteiger partial charge in [0.1, 0.15) is 11.5 Å². The van der Waals surface area contributed by atoms with Crippen LogP contribution in [0, 0.1) is 6.92 Å². The summed E-state index contributed by atoms with van der Waals surface area (Å²) in [6, 6.07) is 3.90. The van der Waals surface area contributed by atoms with Gasteiger partial charge in [-0.3, -0.25) is 5.10 Å². The van der Waals surface area contributed by atoms with Gasteiger partial charge in [0.25, 0.3) is 0 Å². The Morgan fingerprint density at radius 2 is 2.20 bits per heavy atom. The van der Waals surface area contributed by atoms with Crippen LogP contribution in [0.2, 0.25) is 0 Å². The van der Waals surface area contributed by atoms with Gasteiger partial charge in [-0.2, -0.15) is 5.10 Å². The Balaban J connectivity index is 1.96. The van der Waals surface area contributed by atoms with Gasteiger partial charge in [-0.15, -0.1) is 0 Å². The van der Waals surface area contributed by atoms with Crippen molar-refractivity contribution < 1.29 is 9.15 Å². The first kappa shape index (κ1) is 14.8. The molecular formula is C15H23N3O2. The lowest BCUT2D eigenvalue weighted by molar-refractivity contribution is -0.00897. The zero-order chi connectivity index (χ0) is 14.6. The van der Waals surface area contributed by atoms with Crippen molar-refractivity contribution in [3.8, 4) is 11.5 Å². The molecule has 20 heavy (non-hydrogen) atoms. The molecule has 0 atom stereocenters. The van der Waals surface area contributed by atoms with E-state index >= 15 is 0 Å². The summed E-state index contributed by atoms with van der Waals surface area (Å²) in [7, 11) is 0. The summed E-state index contributed by atoms with van der Waals surface area (Å²) in [4.78, 5) is 0. The summed E-state index contributed by atoms with van der Waals surface area (Å²) < 4.78 is 11.3. The third-order valence-electron chi connectivity index (χ3n) is 3.11. The smallest absolute Gasteiger partial charge is 0.152 e. The molecule has 2 heterocycles. The van der Waals surface area contributed by atoms with Crippen molar-refractivity contribution in [3.05, 3.63) is 29.7 Å². The number of aromatic nitrogens is 2. The summed E-state index contributed by atoms with van der Waals surface area (Å²) >= 11 is 0. The van der Waals surface area contributed by atoms with Crippen molar-refractivity contribution >= 4 is 0 Å². The molecule has 0 amide bonds. The molecule has 5 nitrogen and oxygen atoms in total. The molecule has 2 aromatic heterocycles. The van der Waals surface area contributed by atoms with Gasteiger partial charge in [0.05, 0.1) is 11.8 Å². The monoisotopic (exact) mass is 277 g/mol. The Labute approximate surface area is 119 Å². The quantitative estimate of drug-likeness (QED) is 0.817. The first-order valence-corrected chi connectivity index (χ1v) is 6.95. The Kier molecular flexibility index (Phi) is 4.62. The van der Waals surface area contributed by atoms with E-state index in [-0.39, 0.29) is 5.60 Å². The molecule has 0 aliphatic heterocycles. The van der Waals surface area contributed by atoms with Crippen LogP contribution in [0.4, 0.5) is 0 Å². The van der Waals surface area contributed by atoms with E-state index in [9.17, 15) is 0 Å². The van der Waals surface area contributed by atoms with Crippen molar-refractivity contribution in [3.63, 3.8) is 0 Å². The second kappa shape index (κ2) is 6.24.